The summed E-state index contributed by atoms with van der Waals surface area (Å²) in [6, 6.07) is 12.9. The van der Waals surface area contributed by atoms with Gasteiger partial charge in [-0.25, -0.2) is 13.4 Å². The Labute approximate surface area is 168 Å². The summed E-state index contributed by atoms with van der Waals surface area (Å²) in [5.74, 6) is -0.260. The van der Waals surface area contributed by atoms with Crippen LogP contribution in [0.2, 0.25) is 0 Å². The van der Waals surface area contributed by atoms with Crippen LogP contribution in [0.1, 0.15) is 23.9 Å². The van der Waals surface area contributed by atoms with Crippen molar-refractivity contribution in [1.82, 2.24) is 4.98 Å². The van der Waals surface area contributed by atoms with Crippen molar-refractivity contribution in [3.05, 3.63) is 59.1 Å². The first-order valence-electron chi connectivity index (χ1n) is 8.82. The van der Waals surface area contributed by atoms with E-state index in [-0.39, 0.29) is 11.7 Å². The Morgan fingerprint density at radius 2 is 1.89 bits per heavy atom. The number of carbonyl (C=O) groups excluding carboxylic acids is 1. The summed E-state index contributed by atoms with van der Waals surface area (Å²) in [7, 11) is -3.40. The lowest BCUT2D eigenvalue weighted by molar-refractivity contribution is -0.111. The number of carbonyl (C=O) groups is 1. The highest BCUT2D eigenvalue weighted by molar-refractivity contribution is 7.92. The third kappa shape index (κ3) is 4.96. The molecule has 0 spiro atoms. The Kier molecular flexibility index (Phi) is 6.11. The molecular weight excluding hydrogens is 394 g/mol. The Hall–Kier alpha value is -2.71. The summed E-state index contributed by atoms with van der Waals surface area (Å²) < 4.78 is 27.6. The lowest BCUT2D eigenvalue weighted by atomic mass is 10.1. The van der Waals surface area contributed by atoms with E-state index in [4.69, 9.17) is 0 Å². The van der Waals surface area contributed by atoms with Crippen LogP contribution in [-0.4, -0.2) is 25.1 Å². The highest BCUT2D eigenvalue weighted by Gasteiger charge is 2.13. The van der Waals surface area contributed by atoms with Gasteiger partial charge in [0.1, 0.15) is 5.01 Å². The van der Waals surface area contributed by atoms with E-state index in [0.29, 0.717) is 23.4 Å². The van der Waals surface area contributed by atoms with Crippen LogP contribution in [0.4, 0.5) is 11.4 Å². The smallest absolute Gasteiger partial charge is 0.248 e. The Morgan fingerprint density at radius 3 is 2.64 bits per heavy atom. The molecule has 8 heteroatoms. The molecule has 1 heterocycles. The molecule has 0 fully saturated rings. The van der Waals surface area contributed by atoms with Gasteiger partial charge in [-0.2, -0.15) is 0 Å². The van der Waals surface area contributed by atoms with Crippen LogP contribution in [0.15, 0.2) is 48.5 Å². The van der Waals surface area contributed by atoms with E-state index >= 15 is 0 Å². The predicted octanol–water partition coefficient (Wildman–Crippen LogP) is 4.41. The molecule has 0 unspecified atom stereocenters. The van der Waals surface area contributed by atoms with E-state index in [1.165, 1.54) is 17.4 Å². The largest absolute Gasteiger partial charge is 0.322 e. The van der Waals surface area contributed by atoms with Gasteiger partial charge in [-0.05, 0) is 49.2 Å². The summed E-state index contributed by atoms with van der Waals surface area (Å²) in [6.45, 7) is 3.57. The number of anilines is 2. The third-order valence-corrected chi connectivity index (χ3v) is 6.50. The fourth-order valence-electron chi connectivity index (χ4n) is 2.65. The molecule has 0 saturated carbocycles. The van der Waals surface area contributed by atoms with Gasteiger partial charge >= 0.3 is 0 Å². The van der Waals surface area contributed by atoms with Gasteiger partial charge in [0.25, 0.3) is 0 Å². The maximum atomic E-state index is 12.3. The lowest BCUT2D eigenvalue weighted by Crippen LogP contribution is -2.17. The van der Waals surface area contributed by atoms with Gasteiger partial charge in [0.2, 0.25) is 15.9 Å². The second kappa shape index (κ2) is 8.53. The number of rotatable bonds is 7. The average Bonchev–Trinajstić information content (AvgIpc) is 3.06. The number of para-hydroxylation sites is 1. The Bertz CT molecular complexity index is 1100. The first-order chi connectivity index (χ1) is 13.4. The maximum Gasteiger partial charge on any atom is 0.248 e. The zero-order chi connectivity index (χ0) is 20.1. The fourth-order valence-corrected chi connectivity index (χ4v) is 4.72. The van der Waals surface area contributed by atoms with Crippen LogP contribution in [0.5, 0.6) is 0 Å². The second-order valence-corrected chi connectivity index (χ2v) is 9.15. The molecule has 0 radical (unpaired) electrons. The van der Waals surface area contributed by atoms with Crippen molar-refractivity contribution in [2.45, 2.75) is 20.3 Å². The number of nitrogens with zero attached hydrogens (tertiary/aromatic N) is 1. The van der Waals surface area contributed by atoms with Gasteiger partial charge in [-0.15, -0.1) is 11.3 Å². The molecule has 2 N–H and O–H groups in total. The van der Waals surface area contributed by atoms with Gasteiger partial charge in [-0.1, -0.05) is 25.1 Å². The van der Waals surface area contributed by atoms with E-state index in [1.807, 2.05) is 24.3 Å². The summed E-state index contributed by atoms with van der Waals surface area (Å²) in [6.07, 6.45) is 3.62. The SMILES string of the molecule is CCCS(=O)(=O)Nc1cccc(NC(=O)/C=C/c2nc3ccccc3s2)c1C. The zero-order valence-electron chi connectivity index (χ0n) is 15.6. The van der Waals surface area contributed by atoms with Gasteiger partial charge in [0, 0.05) is 11.8 Å². The molecule has 2 aromatic carbocycles. The first kappa shape index (κ1) is 20.0. The van der Waals surface area contributed by atoms with Crippen molar-refractivity contribution >= 4 is 54.9 Å². The number of hydrogen-bond acceptors (Lipinski definition) is 5. The highest BCUT2D eigenvalue weighted by atomic mass is 32.2. The van der Waals surface area contributed by atoms with Crippen LogP contribution in [0.3, 0.4) is 0 Å². The molecule has 3 aromatic rings. The standard InChI is InChI=1S/C20H21N3O3S2/c1-3-13-28(25,26)23-16-9-6-8-15(14(16)2)21-19(24)11-12-20-22-17-7-4-5-10-18(17)27-20/h4-12,23H,3,13H2,1-2H3,(H,21,24)/b12-11+. The van der Waals surface area contributed by atoms with Gasteiger partial charge in [0.15, 0.2) is 0 Å². The second-order valence-electron chi connectivity index (χ2n) is 6.24. The van der Waals surface area contributed by atoms with E-state index in [9.17, 15) is 13.2 Å². The molecule has 1 aromatic heterocycles. The van der Waals surface area contributed by atoms with Crippen molar-refractivity contribution in [1.29, 1.82) is 0 Å². The maximum absolute atomic E-state index is 12.3. The molecule has 0 atom stereocenters. The quantitative estimate of drug-likeness (QED) is 0.560. The number of thiazole rings is 1. The number of sulfonamides is 1. The molecule has 3 rings (SSSR count). The normalized spacial score (nSPS) is 11.8. The van der Waals surface area contributed by atoms with Gasteiger partial charge < -0.3 is 5.32 Å². The minimum Gasteiger partial charge on any atom is -0.322 e. The van der Waals surface area contributed by atoms with Crippen molar-refractivity contribution in [2.24, 2.45) is 0 Å². The molecule has 0 aliphatic carbocycles. The van der Waals surface area contributed by atoms with Crippen molar-refractivity contribution < 1.29 is 13.2 Å². The fraction of sp³-hybridized carbons (Fsp3) is 0.200. The number of benzene rings is 2. The lowest BCUT2D eigenvalue weighted by Gasteiger charge is -2.13. The third-order valence-electron chi connectivity index (χ3n) is 4.02. The number of nitrogens with one attached hydrogen (secondary N) is 2. The molecule has 0 aliphatic heterocycles. The average molecular weight is 416 g/mol. The molecule has 0 aliphatic rings. The number of amides is 1. The van der Waals surface area contributed by atoms with Crippen molar-refractivity contribution in [3.8, 4) is 0 Å². The minimum absolute atomic E-state index is 0.0495. The van der Waals surface area contributed by atoms with E-state index < -0.39 is 10.0 Å². The topological polar surface area (TPSA) is 88.2 Å². The van der Waals surface area contributed by atoms with Crippen LogP contribution in [-0.2, 0) is 14.8 Å². The van der Waals surface area contributed by atoms with Crippen LogP contribution < -0.4 is 10.0 Å². The highest BCUT2D eigenvalue weighted by Crippen LogP contribution is 2.25. The summed E-state index contributed by atoms with van der Waals surface area (Å²) >= 11 is 1.51. The molecule has 146 valence electrons. The zero-order valence-corrected chi connectivity index (χ0v) is 17.2. The summed E-state index contributed by atoms with van der Waals surface area (Å²) in [4.78, 5) is 16.7. The van der Waals surface area contributed by atoms with Crippen molar-refractivity contribution in [3.63, 3.8) is 0 Å². The Balaban J connectivity index is 1.72. The van der Waals surface area contributed by atoms with E-state index in [0.717, 1.165) is 15.2 Å². The van der Waals surface area contributed by atoms with E-state index in [2.05, 4.69) is 15.0 Å². The predicted molar refractivity (Wildman–Crippen MR) is 116 cm³/mol. The number of aromatic nitrogens is 1. The van der Waals surface area contributed by atoms with Crippen LogP contribution in [0, 0.1) is 6.92 Å². The van der Waals surface area contributed by atoms with Crippen LogP contribution in [0.25, 0.3) is 16.3 Å². The number of hydrogen-bond donors (Lipinski definition) is 2. The minimum atomic E-state index is -3.40. The summed E-state index contributed by atoms with van der Waals surface area (Å²) in [5, 5.41) is 3.53. The molecule has 6 nitrogen and oxygen atoms in total. The Morgan fingerprint density at radius 1 is 1.14 bits per heavy atom. The van der Waals surface area contributed by atoms with Gasteiger partial charge in [0.05, 0.1) is 21.7 Å². The number of fused-ring (bicyclic) bond motifs is 1. The molecular formula is C20H21N3O3S2. The molecule has 0 bridgehead atoms. The van der Waals surface area contributed by atoms with Crippen molar-refractivity contribution in [2.75, 3.05) is 15.8 Å². The molecule has 0 saturated heterocycles. The van der Waals surface area contributed by atoms with Gasteiger partial charge in [-0.3, -0.25) is 9.52 Å². The molecule has 28 heavy (non-hydrogen) atoms. The first-order valence-corrected chi connectivity index (χ1v) is 11.3. The molecule has 1 amide bonds. The monoisotopic (exact) mass is 415 g/mol. The summed E-state index contributed by atoms with van der Waals surface area (Å²) in [5.41, 5.74) is 2.57. The van der Waals surface area contributed by atoms with Crippen LogP contribution >= 0.6 is 11.3 Å². The van der Waals surface area contributed by atoms with E-state index in [1.54, 1.807) is 38.1 Å².